The first-order valence-electron chi connectivity index (χ1n) is 7.43. The molecule has 1 aliphatic carbocycles. The summed E-state index contributed by atoms with van der Waals surface area (Å²) >= 11 is 5.76. The summed E-state index contributed by atoms with van der Waals surface area (Å²) in [6, 6.07) is 0. The molecule has 0 spiro atoms. The summed E-state index contributed by atoms with van der Waals surface area (Å²) in [5.74, 6) is -1.14. The molecule has 0 saturated carbocycles. The van der Waals surface area contributed by atoms with Crippen molar-refractivity contribution >= 4 is 23.5 Å². The summed E-state index contributed by atoms with van der Waals surface area (Å²) in [7, 11) is 0. The first kappa shape index (κ1) is 14.9. The van der Waals surface area contributed by atoms with Gasteiger partial charge in [-0.1, -0.05) is 12.2 Å². The minimum atomic E-state index is -1.33. The Kier molecular flexibility index (Phi) is 3.53. The number of alkyl halides is 1. The quantitative estimate of drug-likeness (QED) is 0.463. The number of hydrogen-bond donors (Lipinski definition) is 2. The summed E-state index contributed by atoms with van der Waals surface area (Å²) in [5, 5.41) is 13.5. The average molecular weight is 314 g/mol. The van der Waals surface area contributed by atoms with Crippen LogP contribution >= 0.6 is 11.6 Å². The number of esters is 1. The van der Waals surface area contributed by atoms with Gasteiger partial charge < -0.3 is 15.2 Å². The molecule has 0 aromatic rings. The molecule has 2 heterocycles. The molecule has 3 aliphatic rings. The third-order valence-corrected chi connectivity index (χ3v) is 5.47. The molecule has 2 unspecified atom stereocenters. The first-order valence-corrected chi connectivity index (χ1v) is 7.97. The molecular weight excluding hydrogens is 294 g/mol. The van der Waals surface area contributed by atoms with E-state index in [4.69, 9.17) is 16.3 Å². The lowest BCUT2D eigenvalue weighted by atomic mass is 9.64. The number of nitrogens with one attached hydrogen (secondary N) is 1. The molecule has 116 valence electrons. The number of rotatable bonds is 4. The third-order valence-electron chi connectivity index (χ3n) is 5.25. The molecule has 2 fully saturated rings. The van der Waals surface area contributed by atoms with Crippen molar-refractivity contribution in [3.8, 4) is 0 Å². The van der Waals surface area contributed by atoms with E-state index in [-0.39, 0.29) is 11.8 Å². The molecule has 2 saturated heterocycles. The van der Waals surface area contributed by atoms with Crippen LogP contribution in [-0.4, -0.2) is 40.1 Å². The van der Waals surface area contributed by atoms with Crippen molar-refractivity contribution in [3.05, 3.63) is 12.2 Å². The Labute approximate surface area is 128 Å². The van der Waals surface area contributed by atoms with E-state index in [0.717, 1.165) is 19.3 Å². The number of hydrogen-bond acceptors (Lipinski definition) is 4. The summed E-state index contributed by atoms with van der Waals surface area (Å²) < 4.78 is 5.34. The molecule has 3 rings (SSSR count). The van der Waals surface area contributed by atoms with Crippen molar-refractivity contribution < 1.29 is 19.4 Å². The lowest BCUT2D eigenvalue weighted by Crippen LogP contribution is -2.80. The van der Waals surface area contributed by atoms with Gasteiger partial charge in [-0.3, -0.25) is 4.79 Å². The van der Waals surface area contributed by atoms with Crippen molar-refractivity contribution in [2.45, 2.75) is 49.9 Å². The van der Waals surface area contributed by atoms with E-state index in [0.29, 0.717) is 12.3 Å². The summed E-state index contributed by atoms with van der Waals surface area (Å²) in [6.45, 7) is 1.72. The number of fused-ring (bicyclic) bond motifs is 1. The van der Waals surface area contributed by atoms with Crippen LogP contribution in [0, 0.1) is 11.8 Å². The number of carbonyl (C=O) groups excluding carboxylic acids is 2. The van der Waals surface area contributed by atoms with Crippen LogP contribution in [0.1, 0.15) is 32.6 Å². The highest BCUT2D eigenvalue weighted by Crippen LogP contribution is 2.53. The predicted octanol–water partition coefficient (Wildman–Crippen LogP) is 1.13. The van der Waals surface area contributed by atoms with Gasteiger partial charge >= 0.3 is 5.97 Å². The zero-order valence-corrected chi connectivity index (χ0v) is 12.7. The number of amides is 1. The van der Waals surface area contributed by atoms with Gasteiger partial charge in [0.15, 0.2) is 5.60 Å². The second-order valence-electron chi connectivity index (χ2n) is 6.29. The molecule has 21 heavy (non-hydrogen) atoms. The number of aliphatic hydroxyl groups excluding tert-OH is 1. The lowest BCUT2D eigenvalue weighted by Gasteiger charge is -2.54. The Morgan fingerprint density at radius 2 is 2.33 bits per heavy atom. The first-order chi connectivity index (χ1) is 9.97. The largest absolute Gasteiger partial charge is 0.453 e. The van der Waals surface area contributed by atoms with Crippen molar-refractivity contribution in [2.24, 2.45) is 11.8 Å². The highest BCUT2D eigenvalue weighted by molar-refractivity contribution is 6.18. The van der Waals surface area contributed by atoms with Crippen molar-refractivity contribution in [3.63, 3.8) is 0 Å². The maximum absolute atomic E-state index is 12.2. The smallest absolute Gasteiger partial charge is 0.339 e. The molecule has 6 heteroatoms. The fraction of sp³-hybridized carbons (Fsp3) is 0.733. The van der Waals surface area contributed by atoms with Crippen molar-refractivity contribution in [2.75, 3.05) is 5.88 Å². The fourth-order valence-electron chi connectivity index (χ4n) is 3.99. The SMILES string of the molecule is C[C@@]12OC(=O)C1(C(O)[C@@H]1C=CCCC1)NC(=O)[C@@H]2CCCl. The molecule has 0 aromatic carbocycles. The number of carbonyl (C=O) groups is 2. The Balaban J connectivity index is 1.94. The van der Waals surface area contributed by atoms with E-state index in [9.17, 15) is 14.7 Å². The predicted molar refractivity (Wildman–Crippen MR) is 76.7 cm³/mol. The molecule has 2 N–H and O–H groups in total. The normalized spacial score (nSPS) is 42.8. The van der Waals surface area contributed by atoms with Crippen LogP contribution in [0.3, 0.4) is 0 Å². The van der Waals surface area contributed by atoms with Crippen LogP contribution in [0.4, 0.5) is 0 Å². The Morgan fingerprint density at radius 3 is 2.90 bits per heavy atom. The van der Waals surface area contributed by atoms with Crippen molar-refractivity contribution in [1.29, 1.82) is 0 Å². The summed E-state index contributed by atoms with van der Waals surface area (Å²) in [5.41, 5.74) is -2.34. The van der Waals surface area contributed by atoms with E-state index >= 15 is 0 Å². The van der Waals surface area contributed by atoms with E-state index in [1.54, 1.807) is 6.92 Å². The molecule has 0 radical (unpaired) electrons. The van der Waals surface area contributed by atoms with Crippen LogP contribution in [0.25, 0.3) is 0 Å². The topological polar surface area (TPSA) is 75.6 Å². The van der Waals surface area contributed by atoms with Gasteiger partial charge in [-0.05, 0) is 32.6 Å². The van der Waals surface area contributed by atoms with Gasteiger partial charge in [0.1, 0.15) is 0 Å². The van der Waals surface area contributed by atoms with E-state index in [1.807, 2.05) is 12.2 Å². The molecule has 5 atom stereocenters. The van der Waals surface area contributed by atoms with Crippen molar-refractivity contribution in [1.82, 2.24) is 5.32 Å². The van der Waals surface area contributed by atoms with Crippen LogP contribution < -0.4 is 5.32 Å². The van der Waals surface area contributed by atoms with Crippen LogP contribution in [0.2, 0.25) is 0 Å². The zero-order valence-electron chi connectivity index (χ0n) is 12.0. The monoisotopic (exact) mass is 313 g/mol. The van der Waals surface area contributed by atoms with Gasteiger partial charge in [-0.25, -0.2) is 4.79 Å². The van der Waals surface area contributed by atoms with Gasteiger partial charge in [-0.15, -0.1) is 11.6 Å². The van der Waals surface area contributed by atoms with Gasteiger partial charge in [-0.2, -0.15) is 0 Å². The third kappa shape index (κ3) is 1.80. The number of allylic oxidation sites excluding steroid dienone is 1. The van der Waals surface area contributed by atoms with E-state index in [2.05, 4.69) is 5.32 Å². The Hall–Kier alpha value is -1.07. The Morgan fingerprint density at radius 1 is 1.57 bits per heavy atom. The zero-order chi connectivity index (χ0) is 15.3. The van der Waals surface area contributed by atoms with Crippen LogP contribution in [0.5, 0.6) is 0 Å². The standard InChI is InChI=1S/C15H20ClNO4/c1-14-10(7-8-16)12(19)17-15(14,13(20)21-14)11(18)9-5-3-2-4-6-9/h3,5,9-11,18H,2,4,6-8H2,1H3,(H,17,19)/t9-,10+,11?,14+,15?/m1/s1. The minimum Gasteiger partial charge on any atom is -0.453 e. The Bertz CT molecular complexity index is 508. The highest BCUT2D eigenvalue weighted by Gasteiger charge is 2.79. The summed E-state index contributed by atoms with van der Waals surface area (Å²) in [4.78, 5) is 24.4. The minimum absolute atomic E-state index is 0.138. The summed E-state index contributed by atoms with van der Waals surface area (Å²) in [6.07, 6.45) is 6.17. The number of aliphatic hydroxyl groups is 1. The number of ether oxygens (including phenoxy) is 1. The van der Waals surface area contributed by atoms with E-state index in [1.165, 1.54) is 0 Å². The second-order valence-corrected chi connectivity index (χ2v) is 6.67. The van der Waals surface area contributed by atoms with Crippen LogP contribution in [0.15, 0.2) is 12.2 Å². The van der Waals surface area contributed by atoms with Gasteiger partial charge in [0.2, 0.25) is 11.4 Å². The van der Waals surface area contributed by atoms with Gasteiger partial charge in [0.05, 0.1) is 12.0 Å². The lowest BCUT2D eigenvalue weighted by molar-refractivity contribution is -0.238. The fourth-order valence-corrected chi connectivity index (χ4v) is 4.21. The highest BCUT2D eigenvalue weighted by atomic mass is 35.5. The molecule has 5 nitrogen and oxygen atoms in total. The maximum Gasteiger partial charge on any atom is 0.339 e. The van der Waals surface area contributed by atoms with Crippen LogP contribution in [-0.2, 0) is 14.3 Å². The molecular formula is C15H20ClNO4. The molecule has 2 aliphatic heterocycles. The van der Waals surface area contributed by atoms with Gasteiger partial charge in [0, 0.05) is 11.8 Å². The maximum atomic E-state index is 12.2. The second kappa shape index (κ2) is 4.99. The van der Waals surface area contributed by atoms with E-state index < -0.39 is 29.1 Å². The number of halogens is 1. The molecule has 0 aromatic heterocycles. The average Bonchev–Trinajstić information content (AvgIpc) is 2.65. The molecule has 0 bridgehead atoms. The molecule has 1 amide bonds. The van der Waals surface area contributed by atoms with Gasteiger partial charge in [0.25, 0.3) is 0 Å².